The minimum Gasteiger partial charge on any atom is -0.334 e. The van der Waals surface area contributed by atoms with Crippen molar-refractivity contribution in [3.05, 3.63) is 35.9 Å². The Balaban J connectivity index is 1.75. The number of hydrogen-bond acceptors (Lipinski definition) is 4. The highest BCUT2D eigenvalue weighted by molar-refractivity contribution is 5.96. The maximum atomic E-state index is 12.0. The fourth-order valence-electron chi connectivity index (χ4n) is 2.27. The summed E-state index contributed by atoms with van der Waals surface area (Å²) < 4.78 is 0. The van der Waals surface area contributed by atoms with Gasteiger partial charge in [0.1, 0.15) is 0 Å². The summed E-state index contributed by atoms with van der Waals surface area (Å²) in [6, 6.07) is 8.83. The zero-order valence-electron chi connectivity index (χ0n) is 12.3. The maximum Gasteiger partial charge on any atom is 0.321 e. The molecular weight excluding hydrogens is 268 g/mol. The van der Waals surface area contributed by atoms with Gasteiger partial charge in [-0.2, -0.15) is 0 Å². The van der Waals surface area contributed by atoms with E-state index in [0.29, 0.717) is 6.54 Å². The Morgan fingerprint density at radius 1 is 1.24 bits per heavy atom. The third kappa shape index (κ3) is 4.84. The number of rotatable bonds is 4. The Morgan fingerprint density at radius 2 is 1.90 bits per heavy atom. The molecule has 0 spiro atoms. The van der Waals surface area contributed by atoms with Crippen molar-refractivity contribution in [1.82, 2.24) is 20.9 Å². The van der Waals surface area contributed by atoms with E-state index >= 15 is 0 Å². The Hall–Kier alpha value is -1.92. The van der Waals surface area contributed by atoms with Gasteiger partial charge in [-0.05, 0) is 12.5 Å². The molecule has 1 aromatic rings. The molecule has 1 heterocycles. The number of amides is 3. The molecule has 21 heavy (non-hydrogen) atoms. The first-order valence-corrected chi connectivity index (χ1v) is 7.24. The Morgan fingerprint density at radius 3 is 2.57 bits per heavy atom. The second-order valence-electron chi connectivity index (χ2n) is 5.12. The van der Waals surface area contributed by atoms with Crippen LogP contribution in [0.15, 0.2) is 30.3 Å². The summed E-state index contributed by atoms with van der Waals surface area (Å²) in [4.78, 5) is 25.8. The molecule has 3 amide bonds. The molecule has 6 heteroatoms. The molecule has 0 radical (unpaired) electrons. The monoisotopic (exact) mass is 290 g/mol. The topological polar surface area (TPSA) is 73.5 Å². The minimum atomic E-state index is -0.453. The van der Waals surface area contributed by atoms with Gasteiger partial charge in [-0.1, -0.05) is 30.3 Å². The molecule has 1 aliphatic heterocycles. The van der Waals surface area contributed by atoms with Crippen LogP contribution in [0.1, 0.15) is 12.5 Å². The van der Waals surface area contributed by atoms with E-state index in [4.69, 9.17) is 0 Å². The maximum absolute atomic E-state index is 12.0. The van der Waals surface area contributed by atoms with Crippen LogP contribution in [0.3, 0.4) is 0 Å². The van der Waals surface area contributed by atoms with Crippen molar-refractivity contribution >= 4 is 11.9 Å². The molecule has 1 atom stereocenters. The first-order chi connectivity index (χ1) is 10.2. The van der Waals surface area contributed by atoms with E-state index in [0.717, 1.165) is 31.7 Å². The lowest BCUT2D eigenvalue weighted by atomic mass is 10.2. The van der Waals surface area contributed by atoms with Crippen LogP contribution in [-0.2, 0) is 11.3 Å². The van der Waals surface area contributed by atoms with Crippen LogP contribution in [0.4, 0.5) is 4.79 Å². The predicted octanol–water partition coefficient (Wildman–Crippen LogP) is 0.306. The second kappa shape index (κ2) is 7.75. The number of carbonyl (C=O) groups excluding carboxylic acids is 2. The van der Waals surface area contributed by atoms with Crippen molar-refractivity contribution in [3.63, 3.8) is 0 Å². The molecule has 114 valence electrons. The molecule has 3 N–H and O–H groups in total. The SMILES string of the molecule is CC(C(=O)NC(=O)NCc1ccccc1)N1CCNCC1. The van der Waals surface area contributed by atoms with Crippen LogP contribution in [0.25, 0.3) is 0 Å². The highest BCUT2D eigenvalue weighted by Gasteiger charge is 2.23. The zero-order valence-corrected chi connectivity index (χ0v) is 12.3. The van der Waals surface area contributed by atoms with Crippen molar-refractivity contribution in [2.75, 3.05) is 26.2 Å². The third-order valence-corrected chi connectivity index (χ3v) is 3.61. The number of hydrogen-bond donors (Lipinski definition) is 3. The average molecular weight is 290 g/mol. The standard InChI is InChI=1S/C15H22N4O2/c1-12(19-9-7-16-8-10-19)14(20)18-15(21)17-11-13-5-3-2-4-6-13/h2-6,12,16H,7-11H2,1H3,(H2,17,18,20,21). The van der Waals surface area contributed by atoms with Gasteiger partial charge in [0.05, 0.1) is 6.04 Å². The number of carbonyl (C=O) groups is 2. The first kappa shape index (κ1) is 15.5. The summed E-state index contributed by atoms with van der Waals surface area (Å²) in [5, 5.41) is 8.32. The number of nitrogens with zero attached hydrogens (tertiary/aromatic N) is 1. The number of imide groups is 1. The fraction of sp³-hybridized carbons (Fsp3) is 0.467. The van der Waals surface area contributed by atoms with Crippen molar-refractivity contribution in [2.24, 2.45) is 0 Å². The first-order valence-electron chi connectivity index (χ1n) is 7.24. The molecular formula is C15H22N4O2. The Labute approximate surface area is 124 Å². The summed E-state index contributed by atoms with van der Waals surface area (Å²) in [5.74, 6) is -0.262. The molecule has 0 bridgehead atoms. The van der Waals surface area contributed by atoms with Gasteiger partial charge in [-0.15, -0.1) is 0 Å². The smallest absolute Gasteiger partial charge is 0.321 e. The van der Waals surface area contributed by atoms with Gasteiger partial charge in [-0.25, -0.2) is 4.79 Å². The summed E-state index contributed by atoms with van der Waals surface area (Å²) in [7, 11) is 0. The van der Waals surface area contributed by atoms with Crippen molar-refractivity contribution in [3.8, 4) is 0 Å². The fourth-order valence-corrected chi connectivity index (χ4v) is 2.27. The van der Waals surface area contributed by atoms with E-state index in [1.54, 1.807) is 0 Å². The highest BCUT2D eigenvalue weighted by atomic mass is 16.2. The van der Waals surface area contributed by atoms with E-state index < -0.39 is 6.03 Å². The number of nitrogens with one attached hydrogen (secondary N) is 3. The molecule has 0 aromatic heterocycles. The Kier molecular flexibility index (Phi) is 5.71. The van der Waals surface area contributed by atoms with E-state index in [1.165, 1.54) is 0 Å². The lowest BCUT2D eigenvalue weighted by molar-refractivity contribution is -0.125. The van der Waals surface area contributed by atoms with Crippen molar-refractivity contribution in [1.29, 1.82) is 0 Å². The van der Waals surface area contributed by atoms with Gasteiger partial charge in [0.25, 0.3) is 0 Å². The van der Waals surface area contributed by atoms with Crippen molar-refractivity contribution < 1.29 is 9.59 Å². The normalized spacial score (nSPS) is 17.0. The van der Waals surface area contributed by atoms with E-state index in [-0.39, 0.29) is 11.9 Å². The molecule has 1 unspecified atom stereocenters. The Bertz CT molecular complexity index is 472. The third-order valence-electron chi connectivity index (χ3n) is 3.61. The largest absolute Gasteiger partial charge is 0.334 e. The van der Waals surface area contributed by atoms with E-state index in [1.807, 2.05) is 37.3 Å². The lowest BCUT2D eigenvalue weighted by Crippen LogP contribution is -2.54. The van der Waals surface area contributed by atoms with Gasteiger partial charge in [0.2, 0.25) is 5.91 Å². The number of piperazine rings is 1. The van der Waals surface area contributed by atoms with Crippen LogP contribution < -0.4 is 16.0 Å². The van der Waals surface area contributed by atoms with Crippen LogP contribution in [0.5, 0.6) is 0 Å². The zero-order chi connectivity index (χ0) is 15.1. The molecule has 0 aliphatic carbocycles. The average Bonchev–Trinajstić information content (AvgIpc) is 2.54. The van der Waals surface area contributed by atoms with Crippen molar-refractivity contribution in [2.45, 2.75) is 19.5 Å². The molecule has 6 nitrogen and oxygen atoms in total. The summed E-state index contributed by atoms with van der Waals surface area (Å²) in [5.41, 5.74) is 0.996. The van der Waals surface area contributed by atoms with Crippen LogP contribution in [0, 0.1) is 0 Å². The molecule has 1 saturated heterocycles. The number of benzene rings is 1. The molecule has 0 saturated carbocycles. The molecule has 2 rings (SSSR count). The molecule has 1 aromatic carbocycles. The van der Waals surface area contributed by atoms with Gasteiger partial charge >= 0.3 is 6.03 Å². The van der Waals surface area contributed by atoms with Gasteiger partial charge in [-0.3, -0.25) is 15.0 Å². The quantitative estimate of drug-likeness (QED) is 0.746. The molecule has 1 fully saturated rings. The predicted molar refractivity (Wildman–Crippen MR) is 80.7 cm³/mol. The highest BCUT2D eigenvalue weighted by Crippen LogP contribution is 2.01. The summed E-state index contributed by atoms with van der Waals surface area (Å²) in [6.07, 6.45) is 0. The van der Waals surface area contributed by atoms with Crippen LogP contribution in [0.2, 0.25) is 0 Å². The lowest BCUT2D eigenvalue weighted by Gasteiger charge is -2.31. The van der Waals surface area contributed by atoms with Gasteiger partial charge in [0.15, 0.2) is 0 Å². The van der Waals surface area contributed by atoms with E-state index in [2.05, 4.69) is 20.9 Å². The second-order valence-corrected chi connectivity index (χ2v) is 5.12. The number of urea groups is 1. The van der Waals surface area contributed by atoms with Gasteiger partial charge < -0.3 is 10.6 Å². The van der Waals surface area contributed by atoms with E-state index in [9.17, 15) is 9.59 Å². The minimum absolute atomic E-state index is 0.262. The molecule has 1 aliphatic rings. The van der Waals surface area contributed by atoms with Crippen LogP contribution >= 0.6 is 0 Å². The summed E-state index contributed by atoms with van der Waals surface area (Å²) in [6.45, 7) is 5.61. The summed E-state index contributed by atoms with van der Waals surface area (Å²) >= 11 is 0. The van der Waals surface area contributed by atoms with Gasteiger partial charge in [0, 0.05) is 32.7 Å². The van der Waals surface area contributed by atoms with Crippen LogP contribution in [-0.4, -0.2) is 49.1 Å².